The number of aliphatic hydroxyl groups is 4. The van der Waals surface area contributed by atoms with Crippen molar-refractivity contribution in [3.05, 3.63) is 23.8 Å². The van der Waals surface area contributed by atoms with Gasteiger partial charge in [-0.25, -0.2) is 4.79 Å². The van der Waals surface area contributed by atoms with Gasteiger partial charge in [0.15, 0.2) is 11.5 Å². The average Bonchev–Trinajstić information content (AvgIpc) is 2.55. The maximum absolute atomic E-state index is 12.1. The Hall–Kier alpha value is -1.91. The molecular formula is C14H18O9. The van der Waals surface area contributed by atoms with Crippen LogP contribution < -0.4 is 4.74 Å². The van der Waals surface area contributed by atoms with Gasteiger partial charge in [-0.3, -0.25) is 0 Å². The number of phenols is 1. The smallest absolute Gasteiger partial charge is 0.340 e. The molecule has 0 saturated carbocycles. The van der Waals surface area contributed by atoms with E-state index in [1.807, 2.05) is 0 Å². The summed E-state index contributed by atoms with van der Waals surface area (Å²) in [5.41, 5.74) is 0.0108. The molecule has 0 aromatic heterocycles. The Morgan fingerprint density at radius 1 is 1.22 bits per heavy atom. The quantitative estimate of drug-likeness (QED) is 0.410. The van der Waals surface area contributed by atoms with Gasteiger partial charge >= 0.3 is 5.97 Å². The Morgan fingerprint density at radius 2 is 1.91 bits per heavy atom. The second-order valence-electron chi connectivity index (χ2n) is 4.99. The molecule has 9 nitrogen and oxygen atoms in total. The molecule has 0 radical (unpaired) electrons. The van der Waals surface area contributed by atoms with E-state index < -0.39 is 43.3 Å². The Bertz CT molecular complexity index is 559. The van der Waals surface area contributed by atoms with Crippen LogP contribution in [0.3, 0.4) is 0 Å². The van der Waals surface area contributed by atoms with Crippen LogP contribution in [0.1, 0.15) is 10.4 Å². The molecule has 0 amide bonds. The summed E-state index contributed by atoms with van der Waals surface area (Å²) in [7, 11) is 1.31. The van der Waals surface area contributed by atoms with Gasteiger partial charge in [0.1, 0.15) is 24.4 Å². The van der Waals surface area contributed by atoms with Crippen molar-refractivity contribution in [2.75, 3.05) is 13.7 Å². The minimum absolute atomic E-state index is 0.0108. The zero-order chi connectivity index (χ0) is 17.1. The number of carbonyl (C=O) groups excluding carboxylic acids is 1. The van der Waals surface area contributed by atoms with Crippen molar-refractivity contribution in [3.63, 3.8) is 0 Å². The lowest BCUT2D eigenvalue weighted by atomic mass is 9.99. The molecule has 23 heavy (non-hydrogen) atoms. The minimum Gasteiger partial charge on any atom is -0.504 e. The number of esters is 1. The van der Waals surface area contributed by atoms with E-state index in [0.717, 1.165) is 0 Å². The van der Waals surface area contributed by atoms with Crippen LogP contribution in [-0.2, 0) is 9.47 Å². The van der Waals surface area contributed by atoms with E-state index in [4.69, 9.17) is 19.3 Å². The van der Waals surface area contributed by atoms with Crippen molar-refractivity contribution >= 4 is 5.97 Å². The zero-order valence-electron chi connectivity index (χ0n) is 12.2. The lowest BCUT2D eigenvalue weighted by Crippen LogP contribution is -2.59. The van der Waals surface area contributed by atoms with E-state index in [0.29, 0.717) is 0 Å². The fourth-order valence-corrected chi connectivity index (χ4v) is 2.14. The SMILES string of the molecule is COc1cc(C(=O)O[C@H]2O[C@H](CO)[C@@H](O)[C@H](O)[C@H]2O)ccc1O. The second kappa shape index (κ2) is 7.11. The highest BCUT2D eigenvalue weighted by Gasteiger charge is 2.45. The molecule has 128 valence electrons. The number of hydrogen-bond acceptors (Lipinski definition) is 9. The van der Waals surface area contributed by atoms with Crippen molar-refractivity contribution in [2.24, 2.45) is 0 Å². The van der Waals surface area contributed by atoms with Gasteiger partial charge in [0.25, 0.3) is 0 Å². The van der Waals surface area contributed by atoms with Gasteiger partial charge in [0.2, 0.25) is 6.29 Å². The van der Waals surface area contributed by atoms with E-state index in [1.54, 1.807) is 0 Å². The van der Waals surface area contributed by atoms with E-state index in [9.17, 15) is 25.2 Å². The molecule has 1 aliphatic rings. The van der Waals surface area contributed by atoms with Crippen molar-refractivity contribution in [3.8, 4) is 11.5 Å². The number of ether oxygens (including phenoxy) is 3. The first-order valence-electron chi connectivity index (χ1n) is 6.77. The van der Waals surface area contributed by atoms with Crippen molar-refractivity contribution in [1.29, 1.82) is 0 Å². The van der Waals surface area contributed by atoms with Crippen LogP contribution in [-0.4, -0.2) is 75.9 Å². The number of benzene rings is 1. The first-order valence-corrected chi connectivity index (χ1v) is 6.77. The first kappa shape index (κ1) is 17.4. The molecule has 0 bridgehead atoms. The Balaban J connectivity index is 2.12. The van der Waals surface area contributed by atoms with E-state index in [-0.39, 0.29) is 17.1 Å². The normalized spacial score (nSPS) is 30.7. The summed E-state index contributed by atoms with van der Waals surface area (Å²) in [5, 5.41) is 47.6. The molecule has 9 heteroatoms. The van der Waals surface area contributed by atoms with E-state index in [1.165, 1.54) is 25.3 Å². The van der Waals surface area contributed by atoms with Crippen molar-refractivity contribution in [1.82, 2.24) is 0 Å². The highest BCUT2D eigenvalue weighted by Crippen LogP contribution is 2.28. The van der Waals surface area contributed by atoms with Crippen molar-refractivity contribution in [2.45, 2.75) is 30.7 Å². The fourth-order valence-electron chi connectivity index (χ4n) is 2.14. The Morgan fingerprint density at radius 3 is 2.52 bits per heavy atom. The number of carbonyl (C=O) groups is 1. The molecule has 0 aliphatic carbocycles. The van der Waals surface area contributed by atoms with Gasteiger partial charge in [-0.15, -0.1) is 0 Å². The number of aliphatic hydroxyl groups excluding tert-OH is 4. The van der Waals surface area contributed by atoms with Crippen LogP contribution in [0.5, 0.6) is 11.5 Å². The molecule has 2 rings (SSSR count). The maximum atomic E-state index is 12.1. The van der Waals surface area contributed by atoms with Gasteiger partial charge in [-0.1, -0.05) is 0 Å². The molecule has 1 aromatic carbocycles. The first-order chi connectivity index (χ1) is 10.9. The van der Waals surface area contributed by atoms with Crippen LogP contribution in [0.4, 0.5) is 0 Å². The fraction of sp³-hybridized carbons (Fsp3) is 0.500. The third-order valence-corrected chi connectivity index (χ3v) is 3.49. The standard InChI is InChI=1S/C14H18O9/c1-21-8-4-6(2-3-7(8)16)13(20)23-14-12(19)11(18)10(17)9(5-15)22-14/h2-4,9-12,14-19H,5H2,1H3/t9-,10-,11+,12-,14-/m1/s1. The topological polar surface area (TPSA) is 146 Å². The molecule has 5 N–H and O–H groups in total. The summed E-state index contributed by atoms with van der Waals surface area (Å²) >= 11 is 0. The molecule has 0 unspecified atom stereocenters. The average molecular weight is 330 g/mol. The lowest BCUT2D eigenvalue weighted by Gasteiger charge is -2.39. The predicted molar refractivity (Wildman–Crippen MR) is 73.8 cm³/mol. The summed E-state index contributed by atoms with van der Waals surface area (Å²) in [4.78, 5) is 12.1. The summed E-state index contributed by atoms with van der Waals surface area (Å²) in [6, 6.07) is 3.72. The van der Waals surface area contributed by atoms with Gasteiger partial charge < -0.3 is 39.7 Å². The Kier molecular flexibility index (Phi) is 5.39. The molecule has 1 heterocycles. The number of methoxy groups -OCH3 is 1. The summed E-state index contributed by atoms with van der Waals surface area (Å²) < 4.78 is 14.9. The third kappa shape index (κ3) is 3.54. The maximum Gasteiger partial charge on any atom is 0.340 e. The summed E-state index contributed by atoms with van der Waals surface area (Å²) in [5.74, 6) is -1.03. The van der Waals surface area contributed by atoms with Gasteiger partial charge in [0, 0.05) is 0 Å². The molecule has 1 aliphatic heterocycles. The highest BCUT2D eigenvalue weighted by atomic mass is 16.7. The minimum atomic E-state index is -1.68. The number of aromatic hydroxyl groups is 1. The predicted octanol–water partition coefficient (Wildman–Crippen LogP) is -1.64. The molecule has 1 aromatic rings. The lowest BCUT2D eigenvalue weighted by molar-refractivity contribution is -0.285. The van der Waals surface area contributed by atoms with Gasteiger partial charge in [-0.05, 0) is 18.2 Å². The Labute approximate surface area is 131 Å². The van der Waals surface area contributed by atoms with Gasteiger partial charge in [0.05, 0.1) is 19.3 Å². The molecule has 5 atom stereocenters. The zero-order valence-corrected chi connectivity index (χ0v) is 12.2. The highest BCUT2D eigenvalue weighted by molar-refractivity contribution is 5.90. The molecule has 0 spiro atoms. The van der Waals surface area contributed by atoms with Crippen LogP contribution in [0.25, 0.3) is 0 Å². The third-order valence-electron chi connectivity index (χ3n) is 3.49. The van der Waals surface area contributed by atoms with Crippen molar-refractivity contribution < 1.29 is 44.5 Å². The van der Waals surface area contributed by atoms with E-state index >= 15 is 0 Å². The molecule has 1 fully saturated rings. The van der Waals surface area contributed by atoms with E-state index in [2.05, 4.69) is 0 Å². The summed E-state index contributed by atoms with van der Waals surface area (Å²) in [6.45, 7) is -0.633. The largest absolute Gasteiger partial charge is 0.504 e. The van der Waals surface area contributed by atoms with Crippen LogP contribution in [0.15, 0.2) is 18.2 Å². The van der Waals surface area contributed by atoms with Gasteiger partial charge in [-0.2, -0.15) is 0 Å². The number of hydrogen-bond donors (Lipinski definition) is 5. The number of rotatable bonds is 4. The summed E-state index contributed by atoms with van der Waals surface area (Å²) in [6.07, 6.45) is -7.62. The van der Waals surface area contributed by atoms with Crippen LogP contribution >= 0.6 is 0 Å². The van der Waals surface area contributed by atoms with Crippen LogP contribution in [0.2, 0.25) is 0 Å². The molecular weight excluding hydrogens is 312 g/mol. The van der Waals surface area contributed by atoms with Crippen LogP contribution in [0, 0.1) is 0 Å². The molecule has 1 saturated heterocycles. The number of phenolic OH excluding ortho intramolecular Hbond substituents is 1. The second-order valence-corrected chi connectivity index (χ2v) is 4.99. The monoisotopic (exact) mass is 330 g/mol.